The zero-order valence-electron chi connectivity index (χ0n) is 13.0. The highest BCUT2D eigenvalue weighted by Gasteiger charge is 2.07. The van der Waals surface area contributed by atoms with Crippen LogP contribution in [0.25, 0.3) is 11.3 Å². The highest BCUT2D eigenvalue weighted by atomic mass is 35.5. The fourth-order valence-electron chi connectivity index (χ4n) is 2.17. The number of halogens is 1. The standard InChI is InChI=1S/C19H16ClN3S/c1-2-11-21-19-23(22-13-15-7-4-3-5-8-15)18(14-24-19)16-9-6-10-17(20)12-16/h2-10,12-14H,1,11H2. The summed E-state index contributed by atoms with van der Waals surface area (Å²) in [5.41, 5.74) is 2.99. The fourth-order valence-corrected chi connectivity index (χ4v) is 3.21. The molecule has 3 rings (SSSR count). The van der Waals surface area contributed by atoms with Gasteiger partial charge in [0.25, 0.3) is 0 Å². The molecule has 0 aliphatic carbocycles. The van der Waals surface area contributed by atoms with Crippen LogP contribution in [0.2, 0.25) is 5.02 Å². The first-order valence-corrected chi connectivity index (χ1v) is 8.71. The lowest BCUT2D eigenvalue weighted by Crippen LogP contribution is -2.12. The van der Waals surface area contributed by atoms with Crippen LogP contribution in [0, 0.1) is 0 Å². The maximum Gasteiger partial charge on any atom is 0.206 e. The van der Waals surface area contributed by atoms with Gasteiger partial charge in [-0.05, 0) is 17.7 Å². The van der Waals surface area contributed by atoms with Gasteiger partial charge in [0.1, 0.15) is 0 Å². The molecule has 120 valence electrons. The molecule has 1 heterocycles. The molecule has 0 amide bonds. The van der Waals surface area contributed by atoms with Gasteiger partial charge in [0.15, 0.2) is 0 Å². The van der Waals surface area contributed by atoms with Crippen LogP contribution < -0.4 is 4.80 Å². The number of nitrogens with zero attached hydrogens (tertiary/aromatic N) is 3. The van der Waals surface area contributed by atoms with Crippen molar-refractivity contribution in [2.24, 2.45) is 10.1 Å². The Kier molecular flexibility index (Phi) is 5.41. The molecule has 0 spiro atoms. The number of rotatable bonds is 5. The summed E-state index contributed by atoms with van der Waals surface area (Å²) < 4.78 is 1.84. The molecule has 0 N–H and O–H groups in total. The number of thiazole rings is 1. The molecule has 0 bridgehead atoms. The molecule has 0 fully saturated rings. The largest absolute Gasteiger partial charge is 0.253 e. The molecule has 0 atom stereocenters. The van der Waals surface area contributed by atoms with E-state index in [0.29, 0.717) is 11.6 Å². The average Bonchev–Trinajstić information content (AvgIpc) is 3.02. The second-order valence-electron chi connectivity index (χ2n) is 5.01. The summed E-state index contributed by atoms with van der Waals surface area (Å²) in [6.45, 7) is 4.27. The first-order valence-electron chi connectivity index (χ1n) is 7.45. The predicted molar refractivity (Wildman–Crippen MR) is 103 cm³/mol. The lowest BCUT2D eigenvalue weighted by Gasteiger charge is -2.04. The third-order valence-electron chi connectivity index (χ3n) is 3.28. The van der Waals surface area contributed by atoms with E-state index in [1.54, 1.807) is 17.4 Å². The van der Waals surface area contributed by atoms with E-state index in [1.807, 2.05) is 70.9 Å². The van der Waals surface area contributed by atoms with Crippen molar-refractivity contribution in [1.29, 1.82) is 0 Å². The van der Waals surface area contributed by atoms with Crippen molar-refractivity contribution in [2.45, 2.75) is 0 Å². The SMILES string of the molecule is C=CCN=c1scc(-c2cccc(Cl)c2)n1N=Cc1ccccc1. The average molecular weight is 354 g/mol. The molecule has 3 aromatic rings. The van der Waals surface area contributed by atoms with Crippen LogP contribution in [0.15, 0.2) is 82.7 Å². The minimum absolute atomic E-state index is 0.552. The lowest BCUT2D eigenvalue weighted by molar-refractivity contribution is 0.840. The van der Waals surface area contributed by atoms with E-state index in [9.17, 15) is 0 Å². The molecule has 24 heavy (non-hydrogen) atoms. The van der Waals surface area contributed by atoms with Gasteiger partial charge in [-0.2, -0.15) is 5.10 Å². The molecular formula is C19H16ClN3S. The Labute approximate surface area is 149 Å². The Bertz CT molecular complexity index is 923. The van der Waals surface area contributed by atoms with Gasteiger partial charge < -0.3 is 0 Å². The molecule has 2 aromatic carbocycles. The molecule has 0 aliphatic heterocycles. The van der Waals surface area contributed by atoms with E-state index in [2.05, 4.69) is 16.7 Å². The van der Waals surface area contributed by atoms with E-state index in [0.717, 1.165) is 21.6 Å². The van der Waals surface area contributed by atoms with E-state index in [1.165, 1.54) is 0 Å². The predicted octanol–water partition coefficient (Wildman–Crippen LogP) is 4.84. The third kappa shape index (κ3) is 3.91. The second-order valence-corrected chi connectivity index (χ2v) is 6.28. The summed E-state index contributed by atoms with van der Waals surface area (Å²) in [6, 6.07) is 17.7. The van der Waals surface area contributed by atoms with Crippen LogP contribution >= 0.6 is 22.9 Å². The van der Waals surface area contributed by atoms with Crippen LogP contribution in [0.5, 0.6) is 0 Å². The van der Waals surface area contributed by atoms with Crippen molar-refractivity contribution in [3.05, 3.63) is 88.0 Å². The smallest absolute Gasteiger partial charge is 0.206 e. The fraction of sp³-hybridized carbons (Fsp3) is 0.0526. The summed E-state index contributed by atoms with van der Waals surface area (Å²) in [5, 5.41) is 7.36. The minimum atomic E-state index is 0.552. The van der Waals surface area contributed by atoms with Crippen LogP contribution in [-0.4, -0.2) is 17.4 Å². The van der Waals surface area contributed by atoms with E-state index in [-0.39, 0.29) is 0 Å². The molecule has 0 unspecified atom stereocenters. The van der Waals surface area contributed by atoms with Crippen molar-refractivity contribution in [3.8, 4) is 11.3 Å². The van der Waals surface area contributed by atoms with E-state index >= 15 is 0 Å². The molecule has 1 aromatic heterocycles. The summed E-state index contributed by atoms with van der Waals surface area (Å²) in [5.74, 6) is 0. The summed E-state index contributed by atoms with van der Waals surface area (Å²) >= 11 is 7.67. The Hall–Kier alpha value is -2.43. The number of aromatic nitrogens is 1. The van der Waals surface area contributed by atoms with Gasteiger partial charge in [-0.15, -0.1) is 17.9 Å². The quantitative estimate of drug-likeness (QED) is 0.464. The molecule has 5 heteroatoms. The van der Waals surface area contributed by atoms with Crippen molar-refractivity contribution in [2.75, 3.05) is 6.54 Å². The minimum Gasteiger partial charge on any atom is -0.253 e. The van der Waals surface area contributed by atoms with Crippen molar-refractivity contribution in [3.63, 3.8) is 0 Å². The molecule has 0 saturated carbocycles. The highest BCUT2D eigenvalue weighted by Crippen LogP contribution is 2.23. The molecule has 0 aliphatic rings. The first kappa shape index (κ1) is 16.4. The van der Waals surface area contributed by atoms with Crippen molar-refractivity contribution >= 4 is 29.2 Å². The summed E-state index contributed by atoms with van der Waals surface area (Å²) in [4.78, 5) is 5.34. The Morgan fingerprint density at radius 1 is 1.12 bits per heavy atom. The number of benzene rings is 2. The van der Waals surface area contributed by atoms with Gasteiger partial charge in [0, 0.05) is 16.0 Å². The van der Waals surface area contributed by atoms with Crippen LogP contribution in [0.3, 0.4) is 0 Å². The highest BCUT2D eigenvalue weighted by molar-refractivity contribution is 7.07. The van der Waals surface area contributed by atoms with Crippen LogP contribution in [0.1, 0.15) is 5.56 Å². The normalized spacial score (nSPS) is 12.0. The first-order chi connectivity index (χ1) is 11.8. The van der Waals surface area contributed by atoms with Gasteiger partial charge in [0.05, 0.1) is 18.5 Å². The third-order valence-corrected chi connectivity index (χ3v) is 4.37. The van der Waals surface area contributed by atoms with Gasteiger partial charge in [-0.3, -0.25) is 4.99 Å². The second kappa shape index (κ2) is 7.90. The van der Waals surface area contributed by atoms with Gasteiger partial charge in [0.2, 0.25) is 4.80 Å². The van der Waals surface area contributed by atoms with Gasteiger partial charge in [-0.1, -0.05) is 60.1 Å². The van der Waals surface area contributed by atoms with Gasteiger partial charge >= 0.3 is 0 Å². The molecule has 0 saturated heterocycles. The number of hydrogen-bond donors (Lipinski definition) is 0. The van der Waals surface area contributed by atoms with Crippen LogP contribution in [0.4, 0.5) is 0 Å². The maximum absolute atomic E-state index is 6.13. The molecular weight excluding hydrogens is 338 g/mol. The zero-order valence-corrected chi connectivity index (χ0v) is 14.5. The Morgan fingerprint density at radius 2 is 1.96 bits per heavy atom. The molecule has 0 radical (unpaired) electrons. The summed E-state index contributed by atoms with van der Waals surface area (Å²) in [7, 11) is 0. The van der Waals surface area contributed by atoms with Crippen molar-refractivity contribution in [1.82, 2.24) is 4.68 Å². The zero-order chi connectivity index (χ0) is 16.8. The van der Waals surface area contributed by atoms with Gasteiger partial charge in [-0.25, -0.2) is 4.68 Å². The monoisotopic (exact) mass is 353 g/mol. The number of hydrogen-bond acceptors (Lipinski definition) is 3. The maximum atomic E-state index is 6.13. The van der Waals surface area contributed by atoms with E-state index < -0.39 is 0 Å². The molecule has 3 nitrogen and oxygen atoms in total. The van der Waals surface area contributed by atoms with Crippen molar-refractivity contribution < 1.29 is 0 Å². The summed E-state index contributed by atoms with van der Waals surface area (Å²) in [6.07, 6.45) is 3.59. The van der Waals surface area contributed by atoms with Crippen LogP contribution in [-0.2, 0) is 0 Å². The lowest BCUT2D eigenvalue weighted by atomic mass is 10.2. The Balaban J connectivity index is 2.08. The Morgan fingerprint density at radius 3 is 2.71 bits per heavy atom. The van der Waals surface area contributed by atoms with E-state index in [4.69, 9.17) is 11.6 Å². The topological polar surface area (TPSA) is 29.6 Å².